The Morgan fingerprint density at radius 2 is 2.03 bits per heavy atom. The predicted octanol–water partition coefficient (Wildman–Crippen LogP) is 2.05. The van der Waals surface area contributed by atoms with Crippen molar-refractivity contribution in [3.8, 4) is 0 Å². The highest BCUT2D eigenvalue weighted by molar-refractivity contribution is 7.98. The number of nitrogens with one attached hydrogen (secondary N) is 2. The van der Waals surface area contributed by atoms with Gasteiger partial charge in [0.25, 0.3) is 17.5 Å². The zero-order chi connectivity index (χ0) is 21.2. The number of carbonyl (C=O) groups is 3. The largest absolute Gasteiger partial charge is 0.454 e. The maximum absolute atomic E-state index is 12.4. The minimum atomic E-state index is -0.950. The Balaban J connectivity index is 1.93. The number of hydrogen-bond donors (Lipinski definition) is 2. The number of nitro groups is 1. The van der Waals surface area contributed by atoms with Crippen LogP contribution < -0.4 is 10.6 Å². The molecule has 0 aromatic heterocycles. The number of rotatable bonds is 10. The van der Waals surface area contributed by atoms with Crippen molar-refractivity contribution in [1.29, 1.82) is 0 Å². The quantitative estimate of drug-likeness (QED) is 0.335. The van der Waals surface area contributed by atoms with Gasteiger partial charge in [0.15, 0.2) is 6.61 Å². The van der Waals surface area contributed by atoms with Gasteiger partial charge in [-0.2, -0.15) is 11.8 Å². The first-order chi connectivity index (χ1) is 13.9. The third kappa shape index (κ3) is 7.37. The van der Waals surface area contributed by atoms with Crippen LogP contribution in [0, 0.1) is 10.1 Å². The summed E-state index contributed by atoms with van der Waals surface area (Å²) < 4.78 is 5.09. The van der Waals surface area contributed by atoms with E-state index in [1.165, 1.54) is 30.0 Å². The normalized spacial score (nSPS) is 14.8. The lowest BCUT2D eigenvalue weighted by atomic mass is 10.1. The van der Waals surface area contributed by atoms with Gasteiger partial charge in [0.2, 0.25) is 0 Å². The first kappa shape index (κ1) is 22.7. The summed E-state index contributed by atoms with van der Waals surface area (Å²) in [5, 5.41) is 16.3. The summed E-state index contributed by atoms with van der Waals surface area (Å²) in [6.07, 6.45) is 6.17. The van der Waals surface area contributed by atoms with E-state index in [-0.39, 0.29) is 23.2 Å². The van der Waals surface area contributed by atoms with Gasteiger partial charge in [-0.15, -0.1) is 0 Å². The highest BCUT2D eigenvalue weighted by atomic mass is 32.2. The first-order valence-electron chi connectivity index (χ1n) is 9.41. The Morgan fingerprint density at radius 3 is 2.69 bits per heavy atom. The number of non-ortho nitro benzene ring substituents is 1. The van der Waals surface area contributed by atoms with E-state index in [1.54, 1.807) is 0 Å². The molecule has 0 bridgehead atoms. The fourth-order valence-corrected chi connectivity index (χ4v) is 3.54. The van der Waals surface area contributed by atoms with Gasteiger partial charge in [-0.1, -0.05) is 18.9 Å². The van der Waals surface area contributed by atoms with E-state index in [9.17, 15) is 24.5 Å². The number of benzene rings is 1. The number of nitrogens with zero attached hydrogens (tertiary/aromatic N) is 1. The number of amides is 2. The second kappa shape index (κ2) is 11.4. The SMILES string of the molecule is CSCCC(NC(=O)c1cccc([N+](=O)[O-])c1)C(=O)OCC(=O)NC1CCCC1. The van der Waals surface area contributed by atoms with Gasteiger partial charge >= 0.3 is 5.97 Å². The molecule has 158 valence electrons. The van der Waals surface area contributed by atoms with Gasteiger partial charge in [-0.05, 0) is 37.3 Å². The molecular weight excluding hydrogens is 398 g/mol. The van der Waals surface area contributed by atoms with Crippen molar-refractivity contribution in [3.05, 3.63) is 39.9 Å². The van der Waals surface area contributed by atoms with Crippen molar-refractivity contribution in [2.24, 2.45) is 0 Å². The molecule has 29 heavy (non-hydrogen) atoms. The monoisotopic (exact) mass is 423 g/mol. The number of esters is 1. The van der Waals surface area contributed by atoms with Crippen molar-refractivity contribution >= 4 is 35.2 Å². The molecule has 1 aliphatic rings. The summed E-state index contributed by atoms with van der Waals surface area (Å²) in [5.74, 6) is -1.10. The van der Waals surface area contributed by atoms with E-state index < -0.39 is 29.4 Å². The maximum Gasteiger partial charge on any atom is 0.329 e. The van der Waals surface area contributed by atoms with Gasteiger partial charge in [0.05, 0.1) is 4.92 Å². The van der Waals surface area contributed by atoms with E-state index in [1.807, 2.05) is 6.26 Å². The molecule has 1 saturated carbocycles. The zero-order valence-electron chi connectivity index (χ0n) is 16.2. The fraction of sp³-hybridized carbons (Fsp3) is 0.526. The molecular formula is C19H25N3O6S. The predicted molar refractivity (Wildman–Crippen MR) is 109 cm³/mol. The fourth-order valence-electron chi connectivity index (χ4n) is 3.06. The smallest absolute Gasteiger partial charge is 0.329 e. The van der Waals surface area contributed by atoms with Gasteiger partial charge in [0.1, 0.15) is 6.04 Å². The van der Waals surface area contributed by atoms with E-state index in [0.717, 1.165) is 31.7 Å². The molecule has 1 atom stereocenters. The van der Waals surface area contributed by atoms with Crippen LogP contribution in [0.25, 0.3) is 0 Å². The molecule has 1 aromatic carbocycles. The summed E-state index contributed by atoms with van der Waals surface area (Å²) in [4.78, 5) is 47.1. The second-order valence-electron chi connectivity index (χ2n) is 6.77. The van der Waals surface area contributed by atoms with E-state index in [0.29, 0.717) is 12.2 Å². The lowest BCUT2D eigenvalue weighted by molar-refractivity contribution is -0.384. The van der Waals surface area contributed by atoms with Gasteiger partial charge in [-0.3, -0.25) is 19.7 Å². The number of ether oxygens (including phenoxy) is 1. The Bertz CT molecular complexity index is 751. The molecule has 2 amide bonds. The van der Waals surface area contributed by atoms with Gasteiger partial charge < -0.3 is 15.4 Å². The van der Waals surface area contributed by atoms with Crippen LogP contribution in [0.4, 0.5) is 5.69 Å². The van der Waals surface area contributed by atoms with Crippen LogP contribution in [0.1, 0.15) is 42.5 Å². The number of hydrogen-bond acceptors (Lipinski definition) is 7. The van der Waals surface area contributed by atoms with Gasteiger partial charge in [0, 0.05) is 23.7 Å². The Morgan fingerprint density at radius 1 is 1.31 bits per heavy atom. The average molecular weight is 423 g/mol. The molecule has 1 unspecified atom stereocenters. The lowest BCUT2D eigenvalue weighted by Crippen LogP contribution is -2.44. The molecule has 2 rings (SSSR count). The third-order valence-corrected chi connectivity index (χ3v) is 5.23. The van der Waals surface area contributed by atoms with E-state index >= 15 is 0 Å². The molecule has 1 aliphatic carbocycles. The molecule has 1 aromatic rings. The van der Waals surface area contributed by atoms with Crippen LogP contribution in [-0.4, -0.2) is 53.4 Å². The van der Waals surface area contributed by atoms with Crippen LogP contribution in [0.5, 0.6) is 0 Å². The van der Waals surface area contributed by atoms with Crippen LogP contribution >= 0.6 is 11.8 Å². The lowest BCUT2D eigenvalue weighted by Gasteiger charge is -2.18. The number of carbonyl (C=O) groups excluding carboxylic acids is 3. The minimum absolute atomic E-state index is 0.0696. The van der Waals surface area contributed by atoms with Crippen LogP contribution in [0.2, 0.25) is 0 Å². The standard InChI is InChI=1S/C19H25N3O6S/c1-29-10-9-16(19(25)28-12-17(23)20-14-6-2-3-7-14)21-18(24)13-5-4-8-15(11-13)22(26)27/h4-5,8,11,14,16H,2-3,6-7,9-10,12H2,1H3,(H,20,23)(H,21,24). The Labute approximate surface area is 173 Å². The third-order valence-electron chi connectivity index (χ3n) is 4.59. The Kier molecular flexibility index (Phi) is 8.91. The molecule has 2 N–H and O–H groups in total. The topological polar surface area (TPSA) is 128 Å². The van der Waals surface area contributed by atoms with Crippen molar-refractivity contribution in [2.75, 3.05) is 18.6 Å². The highest BCUT2D eigenvalue weighted by Crippen LogP contribution is 2.17. The molecule has 0 spiro atoms. The first-order valence-corrected chi connectivity index (χ1v) is 10.8. The van der Waals surface area contributed by atoms with E-state index in [4.69, 9.17) is 4.74 Å². The maximum atomic E-state index is 12.4. The molecule has 9 nitrogen and oxygen atoms in total. The van der Waals surface area contributed by atoms with Crippen LogP contribution in [0.15, 0.2) is 24.3 Å². The van der Waals surface area contributed by atoms with Crippen molar-refractivity contribution in [3.63, 3.8) is 0 Å². The summed E-state index contributed by atoms with van der Waals surface area (Å²) in [6.45, 7) is -0.405. The minimum Gasteiger partial charge on any atom is -0.454 e. The molecule has 10 heteroatoms. The molecule has 0 radical (unpaired) electrons. The average Bonchev–Trinajstić information content (AvgIpc) is 3.22. The summed E-state index contributed by atoms with van der Waals surface area (Å²) in [7, 11) is 0. The van der Waals surface area contributed by atoms with Gasteiger partial charge in [-0.25, -0.2) is 4.79 Å². The Hall–Kier alpha value is -2.62. The molecule has 0 aliphatic heterocycles. The second-order valence-corrected chi connectivity index (χ2v) is 7.76. The van der Waals surface area contributed by atoms with Crippen LogP contribution in [0.3, 0.4) is 0 Å². The number of thioether (sulfide) groups is 1. The van der Waals surface area contributed by atoms with Crippen molar-refractivity contribution in [1.82, 2.24) is 10.6 Å². The summed E-state index contributed by atoms with van der Waals surface area (Å²) in [6, 6.07) is 4.42. The van der Waals surface area contributed by atoms with Crippen molar-refractivity contribution in [2.45, 2.75) is 44.2 Å². The number of nitro benzene ring substituents is 1. The zero-order valence-corrected chi connectivity index (χ0v) is 17.0. The summed E-state index contributed by atoms with van der Waals surface area (Å²) in [5.41, 5.74) is -0.149. The van der Waals surface area contributed by atoms with Crippen molar-refractivity contribution < 1.29 is 24.0 Å². The summed E-state index contributed by atoms with van der Waals surface area (Å²) >= 11 is 1.49. The molecule has 0 heterocycles. The van der Waals surface area contributed by atoms with E-state index in [2.05, 4.69) is 10.6 Å². The molecule has 0 saturated heterocycles. The highest BCUT2D eigenvalue weighted by Gasteiger charge is 2.25. The van der Waals surface area contributed by atoms with Crippen LogP contribution in [-0.2, 0) is 14.3 Å². The molecule has 1 fully saturated rings.